The van der Waals surface area contributed by atoms with Crippen LogP contribution in [0.15, 0.2) is 0 Å². The monoisotopic (exact) mass is 426 g/mol. The molecule has 1 heterocycles. The maximum Gasteiger partial charge on any atom is 0.305 e. The molecule has 29 heavy (non-hydrogen) atoms. The van der Waals surface area contributed by atoms with E-state index in [9.17, 15) is 4.79 Å². The molecule has 0 bridgehead atoms. The Morgan fingerprint density at radius 1 is 0.621 bits per heavy atom. The fraction of sp³-hybridized carbons (Fsp3) is 0.962. The van der Waals surface area contributed by atoms with Crippen LogP contribution >= 0.6 is 11.8 Å². The Morgan fingerprint density at radius 2 is 1.07 bits per heavy atom. The Bertz CT molecular complexity index is 372. The van der Waals surface area contributed by atoms with E-state index in [-0.39, 0.29) is 5.97 Å². The van der Waals surface area contributed by atoms with E-state index in [2.05, 4.69) is 25.6 Å². The third kappa shape index (κ3) is 17.2. The van der Waals surface area contributed by atoms with Gasteiger partial charge in [0.05, 0.1) is 6.61 Å². The standard InChI is InChI=1S/C26H50O2S/c1-3-5-7-9-12-16-20-24-25(29-24)21-17-13-11-14-18-22-26(27)28-23-19-15-10-8-6-4-2/h24-25H,3-23H2,1-2H3. The zero-order chi connectivity index (χ0) is 21.0. The molecule has 2 atom stereocenters. The van der Waals surface area contributed by atoms with Crippen molar-refractivity contribution in [2.45, 2.75) is 153 Å². The van der Waals surface area contributed by atoms with Gasteiger partial charge in [0, 0.05) is 16.9 Å². The molecule has 3 heteroatoms. The first kappa shape index (κ1) is 26.9. The van der Waals surface area contributed by atoms with Crippen molar-refractivity contribution >= 4 is 17.7 Å². The van der Waals surface area contributed by atoms with E-state index >= 15 is 0 Å². The lowest BCUT2D eigenvalue weighted by atomic mass is 10.0. The summed E-state index contributed by atoms with van der Waals surface area (Å²) in [7, 11) is 0. The van der Waals surface area contributed by atoms with Crippen molar-refractivity contribution in [2.24, 2.45) is 0 Å². The Labute approximate surface area is 186 Å². The zero-order valence-corrected chi connectivity index (χ0v) is 20.5. The highest BCUT2D eigenvalue weighted by molar-refractivity contribution is 8.07. The van der Waals surface area contributed by atoms with E-state index in [1.54, 1.807) is 0 Å². The first-order chi connectivity index (χ1) is 14.3. The Kier molecular flexibility index (Phi) is 18.3. The minimum atomic E-state index is 0.0190. The van der Waals surface area contributed by atoms with Crippen LogP contribution < -0.4 is 0 Å². The molecule has 1 saturated heterocycles. The van der Waals surface area contributed by atoms with Gasteiger partial charge in [-0.2, -0.15) is 11.8 Å². The highest BCUT2D eigenvalue weighted by Gasteiger charge is 2.36. The topological polar surface area (TPSA) is 26.3 Å². The van der Waals surface area contributed by atoms with Crippen LogP contribution in [0.3, 0.4) is 0 Å². The zero-order valence-electron chi connectivity index (χ0n) is 19.7. The lowest BCUT2D eigenvalue weighted by Crippen LogP contribution is -2.05. The summed E-state index contributed by atoms with van der Waals surface area (Å²) in [5.41, 5.74) is 0. The van der Waals surface area contributed by atoms with E-state index < -0.39 is 0 Å². The molecule has 0 radical (unpaired) electrons. The van der Waals surface area contributed by atoms with Gasteiger partial charge in [-0.25, -0.2) is 0 Å². The molecule has 1 rings (SSSR count). The van der Waals surface area contributed by atoms with E-state index in [4.69, 9.17) is 4.74 Å². The highest BCUT2D eigenvalue weighted by atomic mass is 32.2. The Balaban J connectivity index is 1.75. The molecular formula is C26H50O2S. The number of ether oxygens (including phenoxy) is 1. The molecule has 1 fully saturated rings. The van der Waals surface area contributed by atoms with Gasteiger partial charge in [0.15, 0.2) is 0 Å². The summed E-state index contributed by atoms with van der Waals surface area (Å²) >= 11 is 2.23. The first-order valence-corrected chi connectivity index (χ1v) is 14.0. The van der Waals surface area contributed by atoms with Crippen molar-refractivity contribution in [3.05, 3.63) is 0 Å². The van der Waals surface area contributed by atoms with Crippen LogP contribution in [0.25, 0.3) is 0 Å². The van der Waals surface area contributed by atoms with Crippen LogP contribution in [0, 0.1) is 0 Å². The molecule has 0 N–H and O–H groups in total. The van der Waals surface area contributed by atoms with Crippen LogP contribution in [0.4, 0.5) is 0 Å². The number of esters is 1. The van der Waals surface area contributed by atoms with Crippen molar-refractivity contribution in [2.75, 3.05) is 6.61 Å². The van der Waals surface area contributed by atoms with Crippen LogP contribution in [0.1, 0.15) is 142 Å². The van der Waals surface area contributed by atoms with Gasteiger partial charge >= 0.3 is 5.97 Å². The van der Waals surface area contributed by atoms with Gasteiger partial charge in [0.1, 0.15) is 0 Å². The van der Waals surface area contributed by atoms with Crippen LogP contribution in [0.5, 0.6) is 0 Å². The second-order valence-electron chi connectivity index (χ2n) is 9.06. The highest BCUT2D eigenvalue weighted by Crippen LogP contribution is 2.47. The number of carbonyl (C=O) groups excluding carboxylic acids is 1. The molecule has 172 valence electrons. The minimum Gasteiger partial charge on any atom is -0.466 e. The maximum absolute atomic E-state index is 11.7. The number of rotatable bonds is 22. The molecule has 0 saturated carbocycles. The summed E-state index contributed by atoms with van der Waals surface area (Å²) < 4.78 is 5.35. The molecule has 0 spiro atoms. The molecule has 0 aliphatic carbocycles. The fourth-order valence-electron chi connectivity index (χ4n) is 4.10. The van der Waals surface area contributed by atoms with Crippen molar-refractivity contribution in [3.8, 4) is 0 Å². The summed E-state index contributed by atoms with van der Waals surface area (Å²) in [6.45, 7) is 5.16. The molecule has 2 unspecified atom stereocenters. The largest absolute Gasteiger partial charge is 0.466 e. The number of carbonyl (C=O) groups is 1. The molecule has 1 aliphatic rings. The predicted octanol–water partition coefficient (Wildman–Crippen LogP) is 8.86. The van der Waals surface area contributed by atoms with Crippen molar-refractivity contribution in [1.82, 2.24) is 0 Å². The van der Waals surface area contributed by atoms with E-state index in [1.807, 2.05) is 0 Å². The number of thioether (sulfide) groups is 1. The van der Waals surface area contributed by atoms with Gasteiger partial charge in [0.2, 0.25) is 0 Å². The summed E-state index contributed by atoms with van der Waals surface area (Å²) in [4.78, 5) is 11.7. The molecular weight excluding hydrogens is 376 g/mol. The van der Waals surface area contributed by atoms with Crippen LogP contribution in [-0.2, 0) is 9.53 Å². The lowest BCUT2D eigenvalue weighted by molar-refractivity contribution is -0.143. The van der Waals surface area contributed by atoms with Gasteiger partial charge in [0.25, 0.3) is 0 Å². The smallest absolute Gasteiger partial charge is 0.305 e. The lowest BCUT2D eigenvalue weighted by Gasteiger charge is -2.05. The van der Waals surface area contributed by atoms with Gasteiger partial charge in [-0.15, -0.1) is 0 Å². The molecule has 0 aromatic carbocycles. The summed E-state index contributed by atoms with van der Waals surface area (Å²) in [5, 5.41) is 1.96. The second kappa shape index (κ2) is 19.8. The van der Waals surface area contributed by atoms with Crippen molar-refractivity contribution in [3.63, 3.8) is 0 Å². The molecule has 1 aliphatic heterocycles. The van der Waals surface area contributed by atoms with Crippen molar-refractivity contribution < 1.29 is 9.53 Å². The van der Waals surface area contributed by atoms with E-state index in [0.717, 1.165) is 23.3 Å². The molecule has 0 aromatic rings. The fourth-order valence-corrected chi connectivity index (χ4v) is 5.33. The molecule has 2 nitrogen and oxygen atoms in total. The normalized spacial score (nSPS) is 18.1. The van der Waals surface area contributed by atoms with Gasteiger partial charge in [-0.05, 0) is 25.7 Å². The molecule has 0 amide bonds. The summed E-state index contributed by atoms with van der Waals surface area (Å²) in [6, 6.07) is 0. The van der Waals surface area contributed by atoms with Crippen LogP contribution in [0.2, 0.25) is 0 Å². The quantitative estimate of drug-likeness (QED) is 0.0982. The summed E-state index contributed by atoms with van der Waals surface area (Å²) in [5.74, 6) is 0.0190. The van der Waals surface area contributed by atoms with Crippen LogP contribution in [-0.4, -0.2) is 23.1 Å². The SMILES string of the molecule is CCCCCCCCOC(=O)CCCCCCCC1SC1CCCCCCCC. The Morgan fingerprint density at radius 3 is 1.62 bits per heavy atom. The first-order valence-electron chi connectivity index (χ1n) is 13.1. The second-order valence-corrected chi connectivity index (χ2v) is 10.5. The van der Waals surface area contributed by atoms with Gasteiger partial charge < -0.3 is 4.74 Å². The maximum atomic E-state index is 11.7. The molecule has 0 aromatic heterocycles. The van der Waals surface area contributed by atoms with Gasteiger partial charge in [-0.3, -0.25) is 4.79 Å². The average molecular weight is 427 g/mol. The number of hydrogen-bond donors (Lipinski definition) is 0. The van der Waals surface area contributed by atoms with Crippen molar-refractivity contribution in [1.29, 1.82) is 0 Å². The average Bonchev–Trinajstić information content (AvgIpc) is 3.47. The van der Waals surface area contributed by atoms with E-state index in [0.29, 0.717) is 13.0 Å². The third-order valence-corrected chi connectivity index (χ3v) is 7.67. The predicted molar refractivity (Wildman–Crippen MR) is 130 cm³/mol. The van der Waals surface area contributed by atoms with E-state index in [1.165, 1.54) is 109 Å². The Hall–Kier alpha value is -0.180. The summed E-state index contributed by atoms with van der Waals surface area (Å²) in [6.07, 6.45) is 25.7. The number of unbranched alkanes of at least 4 members (excludes halogenated alkanes) is 14. The number of hydrogen-bond acceptors (Lipinski definition) is 3. The minimum absolute atomic E-state index is 0.0190. The third-order valence-electron chi connectivity index (χ3n) is 6.16. The van der Waals surface area contributed by atoms with Gasteiger partial charge in [-0.1, -0.05) is 110 Å².